The SMILES string of the molecule is CSc1nc2ccc(NC3CC(C)N(C)C3)cc2s1. The summed E-state index contributed by atoms with van der Waals surface area (Å²) in [5.41, 5.74) is 2.33. The molecular formula is C14H19N3S2. The van der Waals surface area contributed by atoms with Crippen LogP contribution in [-0.2, 0) is 0 Å². The highest BCUT2D eigenvalue weighted by Gasteiger charge is 2.25. The van der Waals surface area contributed by atoms with Crippen LogP contribution in [0.2, 0.25) is 0 Å². The molecular weight excluding hydrogens is 274 g/mol. The number of nitrogens with zero attached hydrogens (tertiary/aromatic N) is 2. The molecule has 5 heteroatoms. The molecule has 1 N–H and O–H groups in total. The molecule has 0 amide bonds. The molecule has 1 aromatic heterocycles. The topological polar surface area (TPSA) is 28.2 Å². The van der Waals surface area contributed by atoms with E-state index >= 15 is 0 Å². The quantitative estimate of drug-likeness (QED) is 0.876. The van der Waals surface area contributed by atoms with Gasteiger partial charge in [0.1, 0.15) is 0 Å². The van der Waals surface area contributed by atoms with Crippen LogP contribution in [0.3, 0.4) is 0 Å². The first-order valence-electron chi connectivity index (χ1n) is 6.57. The Labute approximate surface area is 122 Å². The third-order valence-electron chi connectivity index (χ3n) is 3.80. The van der Waals surface area contributed by atoms with Gasteiger partial charge in [-0.2, -0.15) is 0 Å². The standard InChI is InChI=1S/C14H19N3S2/c1-9-6-11(8-17(9)2)15-10-4-5-12-13(7-10)19-14(16-12)18-3/h4-5,7,9,11,15H,6,8H2,1-3H3. The fourth-order valence-corrected chi connectivity index (χ4v) is 4.14. The van der Waals surface area contributed by atoms with E-state index < -0.39 is 0 Å². The Bertz CT molecular complexity index is 571. The summed E-state index contributed by atoms with van der Waals surface area (Å²) in [6.45, 7) is 3.41. The molecule has 102 valence electrons. The molecule has 19 heavy (non-hydrogen) atoms. The summed E-state index contributed by atoms with van der Waals surface area (Å²) in [7, 11) is 2.20. The average Bonchev–Trinajstić information content (AvgIpc) is 2.93. The van der Waals surface area contributed by atoms with Crippen molar-refractivity contribution < 1.29 is 0 Å². The van der Waals surface area contributed by atoms with Crippen LogP contribution in [0.1, 0.15) is 13.3 Å². The van der Waals surface area contributed by atoms with Crippen molar-refractivity contribution in [3.63, 3.8) is 0 Å². The van der Waals surface area contributed by atoms with E-state index in [-0.39, 0.29) is 0 Å². The second-order valence-electron chi connectivity index (χ2n) is 5.23. The number of fused-ring (bicyclic) bond motifs is 1. The maximum absolute atomic E-state index is 4.57. The molecule has 1 fully saturated rings. The number of hydrogen-bond acceptors (Lipinski definition) is 5. The number of thiazole rings is 1. The van der Waals surface area contributed by atoms with Crippen molar-refractivity contribution in [2.45, 2.75) is 29.8 Å². The van der Waals surface area contributed by atoms with Gasteiger partial charge in [0.15, 0.2) is 4.34 Å². The summed E-state index contributed by atoms with van der Waals surface area (Å²) in [5, 5.41) is 3.65. The van der Waals surface area contributed by atoms with Gasteiger partial charge in [-0.3, -0.25) is 0 Å². The highest BCUT2D eigenvalue weighted by atomic mass is 32.2. The number of benzene rings is 1. The van der Waals surface area contributed by atoms with Gasteiger partial charge in [-0.05, 0) is 44.8 Å². The minimum atomic E-state index is 0.561. The molecule has 0 aliphatic carbocycles. The number of rotatable bonds is 3. The molecule has 0 saturated carbocycles. The van der Waals surface area contributed by atoms with E-state index in [9.17, 15) is 0 Å². The van der Waals surface area contributed by atoms with E-state index in [2.05, 4.69) is 53.6 Å². The lowest BCUT2D eigenvalue weighted by Crippen LogP contribution is -2.24. The number of aromatic nitrogens is 1. The van der Waals surface area contributed by atoms with Crippen LogP contribution in [0.4, 0.5) is 5.69 Å². The van der Waals surface area contributed by atoms with Gasteiger partial charge in [-0.15, -0.1) is 11.3 Å². The van der Waals surface area contributed by atoms with Crippen molar-refractivity contribution in [2.24, 2.45) is 0 Å². The van der Waals surface area contributed by atoms with Gasteiger partial charge in [0, 0.05) is 24.3 Å². The number of likely N-dealkylation sites (N-methyl/N-ethyl adjacent to an activating group) is 1. The van der Waals surface area contributed by atoms with Crippen LogP contribution in [0.15, 0.2) is 22.5 Å². The predicted octanol–water partition coefficient (Wildman–Crippen LogP) is 3.52. The van der Waals surface area contributed by atoms with E-state index in [1.54, 1.807) is 23.1 Å². The van der Waals surface area contributed by atoms with Crippen molar-refractivity contribution in [1.82, 2.24) is 9.88 Å². The van der Waals surface area contributed by atoms with Crippen molar-refractivity contribution in [3.05, 3.63) is 18.2 Å². The van der Waals surface area contributed by atoms with Crippen molar-refractivity contribution in [2.75, 3.05) is 25.2 Å². The first-order chi connectivity index (χ1) is 9.15. The molecule has 2 heterocycles. The predicted molar refractivity (Wildman–Crippen MR) is 85.5 cm³/mol. The zero-order valence-electron chi connectivity index (χ0n) is 11.5. The molecule has 0 bridgehead atoms. The smallest absolute Gasteiger partial charge is 0.150 e. The zero-order chi connectivity index (χ0) is 13.4. The molecule has 3 rings (SSSR count). The van der Waals surface area contributed by atoms with Crippen LogP contribution in [-0.4, -0.2) is 41.8 Å². The van der Waals surface area contributed by atoms with Crippen molar-refractivity contribution >= 4 is 39.0 Å². The summed E-state index contributed by atoms with van der Waals surface area (Å²) in [5.74, 6) is 0. The second-order valence-corrected chi connectivity index (χ2v) is 7.32. The number of hydrogen-bond donors (Lipinski definition) is 1. The van der Waals surface area contributed by atoms with Gasteiger partial charge >= 0.3 is 0 Å². The summed E-state index contributed by atoms with van der Waals surface area (Å²) < 4.78 is 2.41. The van der Waals surface area contributed by atoms with Gasteiger partial charge < -0.3 is 10.2 Å². The molecule has 0 spiro atoms. The Balaban J connectivity index is 1.78. The van der Waals surface area contributed by atoms with E-state index in [1.165, 1.54) is 16.8 Å². The molecule has 1 aliphatic heterocycles. The Hall–Kier alpha value is -0.780. The van der Waals surface area contributed by atoms with Gasteiger partial charge in [0.05, 0.1) is 10.2 Å². The van der Waals surface area contributed by atoms with Gasteiger partial charge in [0.2, 0.25) is 0 Å². The molecule has 2 unspecified atom stereocenters. The first-order valence-corrected chi connectivity index (χ1v) is 8.61. The molecule has 3 nitrogen and oxygen atoms in total. The third-order valence-corrected chi connectivity index (χ3v) is 5.80. The molecule has 1 aromatic carbocycles. The Kier molecular flexibility index (Phi) is 3.69. The van der Waals surface area contributed by atoms with E-state index in [0.717, 1.165) is 16.4 Å². The lowest BCUT2D eigenvalue weighted by molar-refractivity contribution is 0.330. The molecule has 1 saturated heterocycles. The van der Waals surface area contributed by atoms with E-state index in [0.29, 0.717) is 12.1 Å². The molecule has 2 atom stereocenters. The van der Waals surface area contributed by atoms with Gasteiger partial charge in [-0.1, -0.05) is 11.8 Å². The van der Waals surface area contributed by atoms with E-state index in [4.69, 9.17) is 0 Å². The fourth-order valence-electron chi connectivity index (χ4n) is 2.61. The zero-order valence-corrected chi connectivity index (χ0v) is 13.1. The summed E-state index contributed by atoms with van der Waals surface area (Å²) in [4.78, 5) is 6.99. The summed E-state index contributed by atoms with van der Waals surface area (Å²) in [6.07, 6.45) is 3.29. The number of nitrogens with one attached hydrogen (secondary N) is 1. The van der Waals surface area contributed by atoms with Crippen LogP contribution in [0, 0.1) is 0 Å². The third kappa shape index (κ3) is 2.73. The Morgan fingerprint density at radius 3 is 3.00 bits per heavy atom. The Morgan fingerprint density at radius 2 is 2.32 bits per heavy atom. The maximum atomic E-state index is 4.57. The normalized spacial score (nSPS) is 24.2. The number of likely N-dealkylation sites (tertiary alicyclic amines) is 1. The highest BCUT2D eigenvalue weighted by Crippen LogP contribution is 2.30. The minimum Gasteiger partial charge on any atom is -0.381 e. The Morgan fingerprint density at radius 1 is 1.47 bits per heavy atom. The van der Waals surface area contributed by atoms with Crippen LogP contribution < -0.4 is 5.32 Å². The fraction of sp³-hybridized carbons (Fsp3) is 0.500. The molecule has 2 aromatic rings. The van der Waals surface area contributed by atoms with E-state index in [1.807, 2.05) is 0 Å². The first kappa shape index (κ1) is 13.2. The van der Waals surface area contributed by atoms with Crippen LogP contribution >= 0.6 is 23.1 Å². The van der Waals surface area contributed by atoms with Crippen LogP contribution in [0.25, 0.3) is 10.2 Å². The summed E-state index contributed by atoms with van der Waals surface area (Å²) in [6, 6.07) is 7.74. The maximum Gasteiger partial charge on any atom is 0.150 e. The van der Waals surface area contributed by atoms with Crippen molar-refractivity contribution in [1.29, 1.82) is 0 Å². The minimum absolute atomic E-state index is 0.561. The van der Waals surface area contributed by atoms with Crippen molar-refractivity contribution in [3.8, 4) is 0 Å². The number of thioether (sulfide) groups is 1. The second kappa shape index (κ2) is 5.31. The van der Waals surface area contributed by atoms with Crippen LogP contribution in [0.5, 0.6) is 0 Å². The monoisotopic (exact) mass is 293 g/mol. The largest absolute Gasteiger partial charge is 0.381 e. The lowest BCUT2D eigenvalue weighted by Gasteiger charge is -2.14. The summed E-state index contributed by atoms with van der Waals surface area (Å²) >= 11 is 3.49. The highest BCUT2D eigenvalue weighted by molar-refractivity contribution is 8.00. The molecule has 1 aliphatic rings. The molecule has 0 radical (unpaired) electrons. The number of anilines is 1. The lowest BCUT2D eigenvalue weighted by atomic mass is 10.2. The van der Waals surface area contributed by atoms with Gasteiger partial charge in [0.25, 0.3) is 0 Å². The average molecular weight is 293 g/mol. The van der Waals surface area contributed by atoms with Gasteiger partial charge in [-0.25, -0.2) is 4.98 Å².